The van der Waals surface area contributed by atoms with Crippen molar-refractivity contribution in [3.63, 3.8) is 0 Å². The van der Waals surface area contributed by atoms with Gasteiger partial charge in [-0.05, 0) is 48.4 Å². The number of amidine groups is 1. The summed E-state index contributed by atoms with van der Waals surface area (Å²) >= 11 is 0. The third-order valence-electron chi connectivity index (χ3n) is 5.51. The zero-order valence-electron chi connectivity index (χ0n) is 16.5. The van der Waals surface area contributed by atoms with Gasteiger partial charge in [0.25, 0.3) is 0 Å². The fourth-order valence-corrected chi connectivity index (χ4v) is 3.85. The van der Waals surface area contributed by atoms with E-state index in [1.165, 1.54) is 22.3 Å². The first-order valence-electron chi connectivity index (χ1n) is 9.56. The number of allylic oxidation sites excluding steroid dienone is 4. The van der Waals surface area contributed by atoms with E-state index in [0.717, 1.165) is 12.8 Å². The van der Waals surface area contributed by atoms with Gasteiger partial charge in [0.2, 0.25) is 0 Å². The quantitative estimate of drug-likeness (QED) is 0.425. The summed E-state index contributed by atoms with van der Waals surface area (Å²) in [5.74, 6) is -0.494. The molecule has 0 radical (unpaired) electrons. The van der Waals surface area contributed by atoms with E-state index in [9.17, 15) is 4.79 Å². The first-order chi connectivity index (χ1) is 13.5. The van der Waals surface area contributed by atoms with E-state index in [0.29, 0.717) is 18.0 Å². The lowest BCUT2D eigenvalue weighted by atomic mass is 9.97. The first-order valence-corrected chi connectivity index (χ1v) is 9.56. The number of hydrogen-bond acceptors (Lipinski definition) is 3. The van der Waals surface area contributed by atoms with Gasteiger partial charge in [0.1, 0.15) is 5.84 Å². The second-order valence-corrected chi connectivity index (χ2v) is 7.34. The van der Waals surface area contributed by atoms with Crippen molar-refractivity contribution in [2.45, 2.75) is 32.2 Å². The molecule has 146 valence electrons. The second kappa shape index (κ2) is 8.38. The molecule has 5 heteroatoms. The largest absolute Gasteiger partial charge is 0.481 e. The van der Waals surface area contributed by atoms with Crippen molar-refractivity contribution in [2.24, 2.45) is 21.8 Å². The van der Waals surface area contributed by atoms with E-state index in [1.54, 1.807) is 13.3 Å². The van der Waals surface area contributed by atoms with Crippen LogP contribution in [-0.2, 0) is 11.2 Å². The van der Waals surface area contributed by atoms with Gasteiger partial charge in [0.15, 0.2) is 0 Å². The minimum absolute atomic E-state index is 0.0544. The Balaban J connectivity index is 1.70. The van der Waals surface area contributed by atoms with Crippen LogP contribution >= 0.6 is 0 Å². The molecule has 3 atom stereocenters. The molecule has 0 aliphatic heterocycles. The highest BCUT2D eigenvalue weighted by Crippen LogP contribution is 2.44. The average Bonchev–Trinajstić information content (AvgIpc) is 3.40. The maximum Gasteiger partial charge on any atom is 0.307 e. The van der Waals surface area contributed by atoms with Gasteiger partial charge in [0, 0.05) is 18.7 Å². The van der Waals surface area contributed by atoms with Crippen molar-refractivity contribution in [1.82, 2.24) is 5.32 Å². The van der Waals surface area contributed by atoms with Crippen LogP contribution in [-0.4, -0.2) is 30.2 Å². The molecule has 0 aromatic heterocycles. The van der Waals surface area contributed by atoms with Gasteiger partial charge in [0.05, 0.1) is 18.2 Å². The molecule has 0 spiro atoms. The van der Waals surface area contributed by atoms with E-state index < -0.39 is 5.97 Å². The van der Waals surface area contributed by atoms with Gasteiger partial charge in [-0.25, -0.2) is 0 Å². The molecule has 0 bridgehead atoms. The summed E-state index contributed by atoms with van der Waals surface area (Å²) in [6, 6.07) is 6.59. The highest BCUT2D eigenvalue weighted by molar-refractivity contribution is 6.29. The summed E-state index contributed by atoms with van der Waals surface area (Å²) in [6.45, 7) is 9.81. The Bertz CT molecular complexity index is 895. The molecule has 3 rings (SSSR count). The zero-order chi connectivity index (χ0) is 20.3. The molecular weight excluding hydrogens is 350 g/mol. The lowest BCUT2D eigenvalue weighted by molar-refractivity contribution is -0.138. The minimum Gasteiger partial charge on any atom is -0.481 e. The molecule has 2 N–H and O–H groups in total. The molecule has 1 aromatic carbocycles. The molecule has 0 heterocycles. The second-order valence-electron chi connectivity index (χ2n) is 7.34. The predicted octanol–water partition coefficient (Wildman–Crippen LogP) is 4.19. The van der Waals surface area contributed by atoms with E-state index in [2.05, 4.69) is 53.6 Å². The summed E-state index contributed by atoms with van der Waals surface area (Å²) in [4.78, 5) is 19.6. The number of carboxylic acids is 1. The van der Waals surface area contributed by atoms with E-state index >= 15 is 0 Å². The van der Waals surface area contributed by atoms with Gasteiger partial charge >= 0.3 is 5.97 Å². The van der Waals surface area contributed by atoms with Crippen molar-refractivity contribution in [3.05, 3.63) is 65.9 Å². The molecule has 1 aromatic rings. The molecular formula is C23H27N3O2. The van der Waals surface area contributed by atoms with Crippen LogP contribution in [0.15, 0.2) is 59.2 Å². The number of nitrogens with zero attached hydrogens (tertiary/aromatic N) is 2. The summed E-state index contributed by atoms with van der Waals surface area (Å²) < 4.78 is 0. The molecule has 28 heavy (non-hydrogen) atoms. The SMILES string of the molecule is C=C/C=C(\C)c1cccc2c1CCC2NC(C=NC(=C)C1CC1C(=O)O)=NC. The van der Waals surface area contributed by atoms with Crippen LogP contribution in [0.4, 0.5) is 0 Å². The van der Waals surface area contributed by atoms with Crippen molar-refractivity contribution in [2.75, 3.05) is 7.05 Å². The third-order valence-corrected chi connectivity index (χ3v) is 5.51. The normalized spacial score (nSPS) is 24.1. The Labute approximate surface area is 166 Å². The number of benzene rings is 1. The van der Waals surface area contributed by atoms with Gasteiger partial charge in [-0.2, -0.15) is 0 Å². The van der Waals surface area contributed by atoms with Crippen LogP contribution < -0.4 is 5.32 Å². The molecule has 1 fully saturated rings. The summed E-state index contributed by atoms with van der Waals surface area (Å²) in [5, 5.41) is 12.5. The van der Waals surface area contributed by atoms with Crippen LogP contribution in [0.3, 0.4) is 0 Å². The van der Waals surface area contributed by atoms with Gasteiger partial charge < -0.3 is 10.4 Å². The number of carbonyl (C=O) groups is 1. The Morgan fingerprint density at radius 3 is 2.79 bits per heavy atom. The molecule has 0 saturated heterocycles. The maximum absolute atomic E-state index is 11.0. The monoisotopic (exact) mass is 377 g/mol. The van der Waals surface area contributed by atoms with Crippen LogP contribution in [0.25, 0.3) is 5.57 Å². The summed E-state index contributed by atoms with van der Waals surface area (Å²) in [7, 11) is 1.72. The molecule has 0 amide bonds. The van der Waals surface area contributed by atoms with Crippen molar-refractivity contribution in [1.29, 1.82) is 0 Å². The number of aliphatic imine (C=N–C) groups is 2. The van der Waals surface area contributed by atoms with E-state index in [1.807, 2.05) is 12.2 Å². The molecule has 2 aliphatic carbocycles. The number of nitrogens with one attached hydrogen (secondary N) is 1. The summed E-state index contributed by atoms with van der Waals surface area (Å²) in [6.07, 6.45) is 8.13. The van der Waals surface area contributed by atoms with E-state index in [4.69, 9.17) is 5.11 Å². The Morgan fingerprint density at radius 1 is 1.36 bits per heavy atom. The van der Waals surface area contributed by atoms with Gasteiger partial charge in [-0.15, -0.1) is 0 Å². The van der Waals surface area contributed by atoms with Crippen molar-refractivity contribution >= 4 is 23.6 Å². The molecule has 5 nitrogen and oxygen atoms in total. The van der Waals surface area contributed by atoms with Gasteiger partial charge in [-0.3, -0.25) is 14.8 Å². The fourth-order valence-electron chi connectivity index (χ4n) is 3.85. The Hall–Kier alpha value is -2.95. The molecule has 2 aliphatic rings. The number of carboxylic acid groups (broad SMARTS) is 1. The third kappa shape index (κ3) is 4.14. The van der Waals surface area contributed by atoms with Gasteiger partial charge in [-0.1, -0.05) is 43.5 Å². The molecule has 1 saturated carbocycles. The summed E-state index contributed by atoms with van der Waals surface area (Å²) in [5.41, 5.74) is 5.75. The van der Waals surface area contributed by atoms with Crippen molar-refractivity contribution in [3.8, 4) is 0 Å². The predicted molar refractivity (Wildman–Crippen MR) is 115 cm³/mol. The van der Waals surface area contributed by atoms with Crippen LogP contribution in [0.5, 0.6) is 0 Å². The lowest BCUT2D eigenvalue weighted by Crippen LogP contribution is -2.28. The number of rotatable bonds is 7. The topological polar surface area (TPSA) is 74.0 Å². The Morgan fingerprint density at radius 2 is 2.14 bits per heavy atom. The maximum atomic E-state index is 11.0. The smallest absolute Gasteiger partial charge is 0.307 e. The number of hydrogen-bond donors (Lipinski definition) is 2. The first kappa shape index (κ1) is 19.8. The van der Waals surface area contributed by atoms with Crippen LogP contribution in [0.2, 0.25) is 0 Å². The fraction of sp³-hybridized carbons (Fsp3) is 0.348. The number of fused-ring (bicyclic) bond motifs is 1. The van der Waals surface area contributed by atoms with Crippen LogP contribution in [0, 0.1) is 11.8 Å². The van der Waals surface area contributed by atoms with Crippen molar-refractivity contribution < 1.29 is 9.90 Å². The highest BCUT2D eigenvalue weighted by Gasteiger charge is 2.45. The standard InChI is InChI=1S/C23H27N3O2/c1-5-7-14(2)16-8-6-9-18-17(16)10-11-21(18)26-22(24-4)13-25-15(3)19-12-20(19)23(27)28/h5-9,13,19-21H,1,3,10-12H2,2,4H3,(H,24,26)(H,27,28)/b14-7+,25-13?. The average molecular weight is 377 g/mol. The zero-order valence-corrected chi connectivity index (χ0v) is 16.5. The van der Waals surface area contributed by atoms with E-state index in [-0.39, 0.29) is 17.9 Å². The molecule has 3 unspecified atom stereocenters. The minimum atomic E-state index is -0.775. The number of aliphatic carboxylic acids is 1. The lowest BCUT2D eigenvalue weighted by Gasteiger charge is -2.16. The van der Waals surface area contributed by atoms with Crippen LogP contribution in [0.1, 0.15) is 42.5 Å². The Kier molecular flexibility index (Phi) is 5.93. The highest BCUT2D eigenvalue weighted by atomic mass is 16.4.